The standard InChI is InChI=1S/C28H33N7O9/c1-27(2,3)44-22(39)20(21(37)38)35(31)19(36)14-33-23(40)28(4,32-25(33)41)17-10-12-18(13-11-17)34(24(29)30)26(42)43-15-16-8-6-5-7-9-16/h5-13,20H,14-15,31H2,1-4H3,(H3,29,30)(H,32,41)(H,37,38). The minimum atomic E-state index is -2.23. The average Bonchev–Trinajstić information content (AvgIpc) is 3.15. The van der Waals surface area contributed by atoms with Crippen LogP contribution in [0.3, 0.4) is 0 Å². The van der Waals surface area contributed by atoms with E-state index < -0.39 is 65.6 Å². The number of amides is 5. The van der Waals surface area contributed by atoms with E-state index in [1.807, 2.05) is 0 Å². The molecule has 2 unspecified atom stereocenters. The number of esters is 1. The molecule has 0 aliphatic carbocycles. The smallest absolute Gasteiger partial charge is 0.421 e. The summed E-state index contributed by atoms with van der Waals surface area (Å²) in [6.07, 6.45) is -0.923. The second-order valence-electron chi connectivity index (χ2n) is 10.8. The fraction of sp³-hybridized carbons (Fsp3) is 0.321. The van der Waals surface area contributed by atoms with E-state index in [-0.39, 0.29) is 22.9 Å². The lowest BCUT2D eigenvalue weighted by atomic mass is 9.92. The van der Waals surface area contributed by atoms with Crippen LogP contribution in [0.4, 0.5) is 15.3 Å². The Balaban J connectivity index is 1.75. The van der Waals surface area contributed by atoms with Crippen molar-refractivity contribution in [2.75, 3.05) is 11.4 Å². The molecule has 0 bridgehead atoms. The number of nitrogens with one attached hydrogen (secondary N) is 2. The third-order valence-corrected chi connectivity index (χ3v) is 6.33. The molecule has 44 heavy (non-hydrogen) atoms. The van der Waals surface area contributed by atoms with Crippen LogP contribution in [0.25, 0.3) is 0 Å². The van der Waals surface area contributed by atoms with Crippen LogP contribution in [0.1, 0.15) is 38.8 Å². The highest BCUT2D eigenvalue weighted by atomic mass is 16.6. The molecule has 234 valence electrons. The Labute approximate surface area is 251 Å². The molecule has 0 saturated carbocycles. The lowest BCUT2D eigenvalue weighted by Gasteiger charge is -2.28. The number of guanidine groups is 1. The maximum absolute atomic E-state index is 13.4. The lowest BCUT2D eigenvalue weighted by molar-refractivity contribution is -0.172. The van der Waals surface area contributed by atoms with Crippen molar-refractivity contribution < 1.29 is 43.3 Å². The Kier molecular flexibility index (Phi) is 9.59. The number of hydrazine groups is 1. The van der Waals surface area contributed by atoms with Crippen LogP contribution in [-0.4, -0.2) is 75.0 Å². The number of carboxylic acid groups (broad SMARTS) is 1. The first-order valence-corrected chi connectivity index (χ1v) is 13.1. The summed E-state index contributed by atoms with van der Waals surface area (Å²) in [6, 6.07) is 11.2. The zero-order valence-electron chi connectivity index (χ0n) is 24.4. The van der Waals surface area contributed by atoms with Gasteiger partial charge in [-0.2, -0.15) is 0 Å². The number of nitrogens with zero attached hydrogens (tertiary/aromatic N) is 3. The van der Waals surface area contributed by atoms with Crippen molar-refractivity contribution in [1.82, 2.24) is 15.2 Å². The van der Waals surface area contributed by atoms with Gasteiger partial charge in [-0.1, -0.05) is 42.5 Å². The Hall–Kier alpha value is -5.51. The largest absolute Gasteiger partial charge is 0.479 e. The lowest BCUT2D eigenvalue weighted by Crippen LogP contribution is -2.57. The van der Waals surface area contributed by atoms with E-state index in [0.717, 1.165) is 4.90 Å². The van der Waals surface area contributed by atoms with E-state index in [9.17, 15) is 33.9 Å². The van der Waals surface area contributed by atoms with Crippen LogP contribution < -0.4 is 21.8 Å². The number of aliphatic carboxylic acids is 1. The molecular weight excluding hydrogens is 578 g/mol. The number of hydrogen-bond donors (Lipinski definition) is 5. The summed E-state index contributed by atoms with van der Waals surface area (Å²) in [7, 11) is 0. The van der Waals surface area contributed by atoms with E-state index in [4.69, 9.17) is 26.5 Å². The van der Waals surface area contributed by atoms with Gasteiger partial charge in [0.15, 0.2) is 0 Å². The summed E-state index contributed by atoms with van der Waals surface area (Å²) in [5.41, 5.74) is 3.93. The summed E-state index contributed by atoms with van der Waals surface area (Å²) in [6.45, 7) is 4.78. The van der Waals surface area contributed by atoms with Crippen molar-refractivity contribution in [1.29, 1.82) is 5.41 Å². The molecule has 16 heteroatoms. The minimum absolute atomic E-state index is 0.0695. The van der Waals surface area contributed by atoms with Gasteiger partial charge in [-0.05, 0) is 51.0 Å². The van der Waals surface area contributed by atoms with Crippen molar-refractivity contribution in [2.45, 2.75) is 51.5 Å². The van der Waals surface area contributed by atoms with Crippen molar-refractivity contribution >= 4 is 47.5 Å². The third-order valence-electron chi connectivity index (χ3n) is 6.33. The minimum Gasteiger partial charge on any atom is -0.479 e. The first kappa shape index (κ1) is 33.0. The Bertz CT molecular complexity index is 1470. The number of carboxylic acids is 1. The van der Waals surface area contributed by atoms with E-state index in [2.05, 4.69) is 5.32 Å². The molecule has 1 saturated heterocycles. The summed E-state index contributed by atoms with van der Waals surface area (Å²) < 4.78 is 10.3. The van der Waals surface area contributed by atoms with Gasteiger partial charge >= 0.3 is 24.1 Å². The molecule has 3 rings (SSSR count). The fourth-order valence-corrected chi connectivity index (χ4v) is 4.16. The summed E-state index contributed by atoms with van der Waals surface area (Å²) in [5, 5.41) is 19.9. The highest BCUT2D eigenvalue weighted by Gasteiger charge is 2.50. The predicted molar refractivity (Wildman–Crippen MR) is 153 cm³/mol. The van der Waals surface area contributed by atoms with Gasteiger partial charge in [-0.3, -0.25) is 24.9 Å². The molecular formula is C28H33N7O9. The summed E-state index contributed by atoms with van der Waals surface area (Å²) in [5.74, 6) is -0.187. The maximum atomic E-state index is 13.4. The van der Waals surface area contributed by atoms with Gasteiger partial charge in [-0.25, -0.2) is 29.9 Å². The van der Waals surface area contributed by atoms with E-state index in [1.54, 1.807) is 30.3 Å². The quantitative estimate of drug-likeness (QED) is 0.0391. The molecule has 0 radical (unpaired) electrons. The number of nitrogens with two attached hydrogens (primary N) is 2. The molecule has 1 heterocycles. The van der Waals surface area contributed by atoms with Crippen LogP contribution in [-0.2, 0) is 40.8 Å². The monoisotopic (exact) mass is 611 g/mol. The highest BCUT2D eigenvalue weighted by Crippen LogP contribution is 2.30. The van der Waals surface area contributed by atoms with Crippen molar-refractivity contribution in [3.05, 3.63) is 65.7 Å². The first-order valence-electron chi connectivity index (χ1n) is 13.1. The molecule has 1 fully saturated rings. The average molecular weight is 612 g/mol. The van der Waals surface area contributed by atoms with Crippen LogP contribution in [0.15, 0.2) is 54.6 Å². The topological polar surface area (TPSA) is 239 Å². The van der Waals surface area contributed by atoms with Gasteiger partial charge in [-0.15, -0.1) is 0 Å². The number of hydrogen-bond acceptors (Lipinski definition) is 10. The molecule has 5 amide bonds. The molecule has 1 aliphatic rings. The molecule has 16 nitrogen and oxygen atoms in total. The molecule has 2 atom stereocenters. The number of anilines is 1. The van der Waals surface area contributed by atoms with Crippen LogP contribution in [0.5, 0.6) is 0 Å². The van der Waals surface area contributed by atoms with E-state index in [1.165, 1.54) is 52.0 Å². The number of benzene rings is 2. The Morgan fingerprint density at radius 2 is 1.66 bits per heavy atom. The van der Waals surface area contributed by atoms with Crippen molar-refractivity contribution in [3.8, 4) is 0 Å². The summed E-state index contributed by atoms with van der Waals surface area (Å²) in [4.78, 5) is 77.0. The van der Waals surface area contributed by atoms with Gasteiger partial charge in [0.1, 0.15) is 24.3 Å². The zero-order chi connectivity index (χ0) is 33.0. The van der Waals surface area contributed by atoms with Crippen LogP contribution in [0.2, 0.25) is 0 Å². The highest BCUT2D eigenvalue weighted by molar-refractivity contribution is 6.12. The van der Waals surface area contributed by atoms with E-state index >= 15 is 0 Å². The SMILES string of the molecule is CC(C)(C)OC(=O)C(C(=O)O)N(N)C(=O)CN1C(=O)NC(C)(c2ccc(N(C(=N)N)C(=O)OCc3ccccc3)cc2)C1=O. The first-order chi connectivity index (χ1) is 20.5. The number of carbonyl (C=O) groups is 6. The van der Waals surface area contributed by atoms with E-state index in [0.29, 0.717) is 10.5 Å². The maximum Gasteiger partial charge on any atom is 0.421 e. The molecule has 0 spiro atoms. The van der Waals surface area contributed by atoms with Gasteiger partial charge in [0, 0.05) is 0 Å². The second kappa shape index (κ2) is 12.8. The zero-order valence-corrected chi connectivity index (χ0v) is 24.4. The number of ether oxygens (including phenoxy) is 2. The number of urea groups is 1. The number of imide groups is 1. The number of rotatable bonds is 9. The van der Waals surface area contributed by atoms with Gasteiger partial charge in [0.25, 0.3) is 11.8 Å². The predicted octanol–water partition coefficient (Wildman–Crippen LogP) is 0.987. The second-order valence-corrected chi connectivity index (χ2v) is 10.8. The van der Waals surface area contributed by atoms with Gasteiger partial charge < -0.3 is 25.6 Å². The molecule has 2 aromatic carbocycles. The third kappa shape index (κ3) is 7.27. The van der Waals surface area contributed by atoms with Crippen molar-refractivity contribution in [3.63, 3.8) is 0 Å². The van der Waals surface area contributed by atoms with Gasteiger partial charge in [0.05, 0.1) is 5.69 Å². The summed E-state index contributed by atoms with van der Waals surface area (Å²) >= 11 is 0. The molecule has 1 aliphatic heterocycles. The molecule has 7 N–H and O–H groups in total. The van der Waals surface area contributed by atoms with Crippen LogP contribution in [0, 0.1) is 5.41 Å². The van der Waals surface area contributed by atoms with Gasteiger partial charge in [0.2, 0.25) is 12.0 Å². The molecule has 2 aromatic rings. The van der Waals surface area contributed by atoms with Crippen molar-refractivity contribution in [2.24, 2.45) is 11.6 Å². The Morgan fingerprint density at radius 1 is 1.07 bits per heavy atom. The normalized spacial score (nSPS) is 16.9. The fourth-order valence-electron chi connectivity index (χ4n) is 4.16. The molecule has 0 aromatic heterocycles. The van der Waals surface area contributed by atoms with Crippen LogP contribution >= 0.6 is 0 Å². The Morgan fingerprint density at radius 3 is 2.18 bits per heavy atom. The number of carbonyl (C=O) groups excluding carboxylic acids is 5.